The predicted octanol–water partition coefficient (Wildman–Crippen LogP) is 17.3. The fourth-order valence-corrected chi connectivity index (χ4v) is 7.23. The van der Waals surface area contributed by atoms with Crippen molar-refractivity contribution in [2.75, 3.05) is 13.2 Å². The summed E-state index contributed by atoms with van der Waals surface area (Å²) in [5.41, 5.74) is 0. The average Bonchev–Trinajstić information content (AvgIpc) is 3.27. The summed E-state index contributed by atoms with van der Waals surface area (Å²) < 4.78 is 16.8. The molecule has 0 aliphatic rings. The van der Waals surface area contributed by atoms with Gasteiger partial charge in [-0.15, -0.1) is 0 Å². The molecule has 0 amide bonds. The zero-order chi connectivity index (χ0) is 45.1. The number of ether oxygens (including phenoxy) is 3. The van der Waals surface area contributed by atoms with Crippen molar-refractivity contribution in [2.45, 2.75) is 264 Å². The second kappa shape index (κ2) is 50.8. The van der Waals surface area contributed by atoms with Gasteiger partial charge in [-0.1, -0.05) is 216 Å². The Morgan fingerprint density at radius 1 is 0.323 bits per heavy atom. The van der Waals surface area contributed by atoms with Gasteiger partial charge in [0.05, 0.1) is 0 Å². The van der Waals surface area contributed by atoms with E-state index in [1.165, 1.54) is 109 Å². The van der Waals surface area contributed by atoms with E-state index >= 15 is 0 Å². The van der Waals surface area contributed by atoms with Gasteiger partial charge in [0.2, 0.25) is 0 Å². The van der Waals surface area contributed by atoms with Crippen LogP contribution in [0, 0.1) is 0 Å². The molecular weight excluding hydrogens is 769 g/mol. The van der Waals surface area contributed by atoms with Crippen molar-refractivity contribution in [3.05, 3.63) is 60.8 Å². The third kappa shape index (κ3) is 48.1. The number of unbranched alkanes of at least 4 members (excludes halogenated alkanes) is 26. The highest BCUT2D eigenvalue weighted by atomic mass is 16.6. The lowest BCUT2D eigenvalue weighted by atomic mass is 10.0. The maximum Gasteiger partial charge on any atom is 0.306 e. The van der Waals surface area contributed by atoms with Crippen molar-refractivity contribution >= 4 is 17.9 Å². The number of esters is 3. The van der Waals surface area contributed by atoms with Gasteiger partial charge >= 0.3 is 17.9 Å². The number of carbonyl (C=O) groups is 3. The Morgan fingerprint density at radius 3 is 0.984 bits per heavy atom. The Bertz CT molecular complexity index is 1130. The molecule has 0 unspecified atom stereocenters. The van der Waals surface area contributed by atoms with E-state index in [0.717, 1.165) is 109 Å². The van der Waals surface area contributed by atoms with Crippen LogP contribution in [0.2, 0.25) is 0 Å². The number of hydrogen-bond acceptors (Lipinski definition) is 6. The molecule has 0 aliphatic carbocycles. The molecule has 0 spiro atoms. The van der Waals surface area contributed by atoms with Crippen LogP contribution in [0.15, 0.2) is 60.8 Å². The van der Waals surface area contributed by atoms with Crippen LogP contribution >= 0.6 is 0 Å². The summed E-state index contributed by atoms with van der Waals surface area (Å²) in [7, 11) is 0. The quantitative estimate of drug-likeness (QED) is 0.0262. The Labute approximate surface area is 383 Å². The molecule has 6 heteroatoms. The average molecular weight is 867 g/mol. The lowest BCUT2D eigenvalue weighted by Gasteiger charge is -2.18. The van der Waals surface area contributed by atoms with Gasteiger partial charge in [0, 0.05) is 19.3 Å². The zero-order valence-corrected chi connectivity index (χ0v) is 40.9. The van der Waals surface area contributed by atoms with E-state index in [-0.39, 0.29) is 31.1 Å². The van der Waals surface area contributed by atoms with Crippen molar-refractivity contribution in [3.8, 4) is 0 Å². The minimum atomic E-state index is -0.788. The second-order valence-electron chi connectivity index (χ2n) is 17.4. The van der Waals surface area contributed by atoms with E-state index in [2.05, 4.69) is 81.5 Å². The smallest absolute Gasteiger partial charge is 0.306 e. The molecule has 0 fully saturated rings. The summed E-state index contributed by atoms with van der Waals surface area (Å²) in [6, 6.07) is 0. The molecule has 358 valence electrons. The van der Waals surface area contributed by atoms with Gasteiger partial charge in [-0.2, -0.15) is 0 Å². The molecule has 0 N–H and O–H groups in total. The normalized spacial score (nSPS) is 12.5. The molecular formula is C56H98O6. The molecule has 0 saturated heterocycles. The summed E-state index contributed by atoms with van der Waals surface area (Å²) in [5, 5.41) is 0. The lowest BCUT2D eigenvalue weighted by Crippen LogP contribution is -2.30. The molecule has 0 radical (unpaired) electrons. The molecule has 6 nitrogen and oxygen atoms in total. The van der Waals surface area contributed by atoms with Crippen LogP contribution < -0.4 is 0 Å². The predicted molar refractivity (Wildman–Crippen MR) is 265 cm³/mol. The first-order valence-electron chi connectivity index (χ1n) is 26.3. The Balaban J connectivity index is 4.43. The van der Waals surface area contributed by atoms with Gasteiger partial charge < -0.3 is 14.2 Å². The molecule has 0 aromatic carbocycles. The largest absolute Gasteiger partial charge is 0.462 e. The van der Waals surface area contributed by atoms with E-state index in [1.54, 1.807) is 0 Å². The van der Waals surface area contributed by atoms with Crippen molar-refractivity contribution < 1.29 is 28.6 Å². The fraction of sp³-hybridized carbons (Fsp3) is 0.768. The molecule has 62 heavy (non-hydrogen) atoms. The summed E-state index contributed by atoms with van der Waals surface area (Å²) in [6.07, 6.45) is 61.9. The second-order valence-corrected chi connectivity index (χ2v) is 17.4. The highest BCUT2D eigenvalue weighted by molar-refractivity contribution is 5.71. The van der Waals surface area contributed by atoms with E-state index in [9.17, 15) is 14.4 Å². The third-order valence-corrected chi connectivity index (χ3v) is 11.2. The van der Waals surface area contributed by atoms with Crippen LogP contribution in [-0.4, -0.2) is 37.2 Å². The van der Waals surface area contributed by atoms with Gasteiger partial charge in [0.25, 0.3) is 0 Å². The molecule has 0 saturated carbocycles. The van der Waals surface area contributed by atoms with Crippen molar-refractivity contribution in [1.29, 1.82) is 0 Å². The number of rotatable bonds is 47. The molecule has 0 aromatic rings. The molecule has 0 aromatic heterocycles. The highest BCUT2D eigenvalue weighted by Crippen LogP contribution is 2.15. The van der Waals surface area contributed by atoms with Gasteiger partial charge in [-0.05, 0) is 83.5 Å². The standard InChI is InChI=1S/C56H98O6/c1-4-7-10-13-16-19-22-25-27-28-29-32-34-37-40-43-46-49-55(58)61-52-53(51-60-54(57)48-45-42-39-36-33-30-24-21-18-15-12-9-6-3)62-56(59)50-47-44-41-38-35-31-26-23-20-17-14-11-8-5-2/h14,16-17,19,23,25-27,29,32,53H,4-13,15,18,20-22,24,28,30-31,33-52H2,1-3H3/b17-14+,19-16+,26-23+,27-25+,32-29+/t53-/m1/s1. The van der Waals surface area contributed by atoms with Crippen LogP contribution in [0.3, 0.4) is 0 Å². The maximum atomic E-state index is 12.8. The highest BCUT2D eigenvalue weighted by Gasteiger charge is 2.19. The third-order valence-electron chi connectivity index (χ3n) is 11.2. The van der Waals surface area contributed by atoms with E-state index in [1.807, 2.05) is 0 Å². The Hall–Kier alpha value is -2.89. The van der Waals surface area contributed by atoms with Crippen LogP contribution in [0.5, 0.6) is 0 Å². The van der Waals surface area contributed by atoms with E-state index < -0.39 is 6.10 Å². The molecule has 0 rings (SSSR count). The summed E-state index contributed by atoms with van der Waals surface area (Å²) in [4.78, 5) is 38.0. The van der Waals surface area contributed by atoms with Crippen molar-refractivity contribution in [3.63, 3.8) is 0 Å². The Morgan fingerprint density at radius 2 is 0.597 bits per heavy atom. The Kier molecular flexibility index (Phi) is 48.4. The van der Waals surface area contributed by atoms with Crippen LogP contribution in [0.4, 0.5) is 0 Å². The van der Waals surface area contributed by atoms with Crippen molar-refractivity contribution in [2.24, 2.45) is 0 Å². The van der Waals surface area contributed by atoms with E-state index in [0.29, 0.717) is 19.3 Å². The monoisotopic (exact) mass is 867 g/mol. The van der Waals surface area contributed by atoms with Gasteiger partial charge in [-0.25, -0.2) is 0 Å². The van der Waals surface area contributed by atoms with Gasteiger partial charge in [-0.3, -0.25) is 14.4 Å². The molecule has 0 heterocycles. The first kappa shape index (κ1) is 59.1. The fourth-order valence-electron chi connectivity index (χ4n) is 7.23. The van der Waals surface area contributed by atoms with Gasteiger partial charge in [0.15, 0.2) is 6.10 Å². The first-order chi connectivity index (χ1) is 30.5. The van der Waals surface area contributed by atoms with Gasteiger partial charge in [0.1, 0.15) is 13.2 Å². The summed E-state index contributed by atoms with van der Waals surface area (Å²) in [5.74, 6) is -0.917. The lowest BCUT2D eigenvalue weighted by molar-refractivity contribution is -0.167. The first-order valence-corrected chi connectivity index (χ1v) is 26.3. The zero-order valence-electron chi connectivity index (χ0n) is 40.9. The number of carbonyl (C=O) groups excluding carboxylic acids is 3. The van der Waals surface area contributed by atoms with Crippen LogP contribution in [0.25, 0.3) is 0 Å². The molecule has 1 atom stereocenters. The minimum absolute atomic E-state index is 0.0855. The summed E-state index contributed by atoms with van der Waals surface area (Å²) in [6.45, 7) is 6.55. The number of allylic oxidation sites excluding steroid dienone is 10. The maximum absolute atomic E-state index is 12.8. The van der Waals surface area contributed by atoms with Crippen LogP contribution in [-0.2, 0) is 28.6 Å². The molecule has 0 aliphatic heterocycles. The topological polar surface area (TPSA) is 78.9 Å². The van der Waals surface area contributed by atoms with Crippen molar-refractivity contribution in [1.82, 2.24) is 0 Å². The van der Waals surface area contributed by atoms with Crippen LogP contribution in [0.1, 0.15) is 258 Å². The molecule has 0 bridgehead atoms. The minimum Gasteiger partial charge on any atom is -0.462 e. The van der Waals surface area contributed by atoms with E-state index in [4.69, 9.17) is 14.2 Å². The SMILES string of the molecule is CCCC/C=C/C/C=C/CCCCCCCC(=O)O[C@@H](COC(=O)CCCCCC/C=C/C/C=C/C/C=C/CCCCC)COC(=O)CCCCCCCCCCCCCCC. The number of hydrogen-bond donors (Lipinski definition) is 0. The summed E-state index contributed by atoms with van der Waals surface area (Å²) >= 11 is 0.